The average molecular weight is 483 g/mol. The number of aryl methyl sites for hydroxylation is 1. The molecule has 0 aliphatic carbocycles. The van der Waals surface area contributed by atoms with Crippen LogP contribution in [0.15, 0.2) is 67.0 Å². The van der Waals surface area contributed by atoms with Crippen LogP contribution in [0.25, 0.3) is 5.65 Å². The predicted molar refractivity (Wildman–Crippen MR) is 138 cm³/mol. The molecule has 0 N–H and O–H groups in total. The molecular formula is C29H30N4O3. The highest BCUT2D eigenvalue weighted by molar-refractivity contribution is 5.94. The van der Waals surface area contributed by atoms with Crippen LogP contribution < -0.4 is 9.47 Å². The van der Waals surface area contributed by atoms with E-state index in [1.54, 1.807) is 0 Å². The van der Waals surface area contributed by atoms with E-state index in [1.165, 1.54) is 11.1 Å². The number of piperazine rings is 1. The van der Waals surface area contributed by atoms with Gasteiger partial charge >= 0.3 is 0 Å². The minimum atomic E-state index is 0.0757. The molecule has 1 saturated heterocycles. The van der Waals surface area contributed by atoms with Gasteiger partial charge in [0.05, 0.1) is 12.3 Å². The first kappa shape index (κ1) is 22.6. The first-order valence-corrected chi connectivity index (χ1v) is 12.5. The maximum Gasteiger partial charge on any atom is 0.253 e. The van der Waals surface area contributed by atoms with Gasteiger partial charge in [0.15, 0.2) is 0 Å². The fraction of sp³-hybridized carbons (Fsp3) is 0.310. The Morgan fingerprint density at radius 3 is 2.69 bits per heavy atom. The molecule has 2 aromatic carbocycles. The van der Waals surface area contributed by atoms with Crippen molar-refractivity contribution in [2.75, 3.05) is 32.8 Å². The summed E-state index contributed by atoms with van der Waals surface area (Å²) in [6, 6.07) is 18.0. The summed E-state index contributed by atoms with van der Waals surface area (Å²) < 4.78 is 13.5. The van der Waals surface area contributed by atoms with Crippen molar-refractivity contribution < 1.29 is 14.3 Å². The van der Waals surface area contributed by atoms with Gasteiger partial charge in [0.2, 0.25) is 0 Å². The number of pyridine rings is 1. The van der Waals surface area contributed by atoms with Crippen LogP contribution in [-0.2, 0) is 19.6 Å². The maximum absolute atomic E-state index is 13.1. The van der Waals surface area contributed by atoms with Gasteiger partial charge in [-0.25, -0.2) is 4.98 Å². The second kappa shape index (κ2) is 9.66. The molecule has 184 valence electrons. The molecule has 1 amide bonds. The van der Waals surface area contributed by atoms with Crippen LogP contribution in [0.2, 0.25) is 0 Å². The van der Waals surface area contributed by atoms with Gasteiger partial charge in [-0.3, -0.25) is 9.69 Å². The summed E-state index contributed by atoms with van der Waals surface area (Å²) in [5.74, 6) is 1.83. The molecule has 4 heterocycles. The van der Waals surface area contributed by atoms with Gasteiger partial charge in [0, 0.05) is 57.1 Å². The Hall–Kier alpha value is -3.84. The third-order valence-corrected chi connectivity index (χ3v) is 7.04. The fourth-order valence-electron chi connectivity index (χ4n) is 5.01. The Labute approximate surface area is 210 Å². The van der Waals surface area contributed by atoms with E-state index in [9.17, 15) is 4.79 Å². The zero-order chi connectivity index (χ0) is 24.5. The van der Waals surface area contributed by atoms with Crippen LogP contribution in [0.3, 0.4) is 0 Å². The van der Waals surface area contributed by atoms with Crippen molar-refractivity contribution in [3.05, 3.63) is 94.9 Å². The lowest BCUT2D eigenvalue weighted by Crippen LogP contribution is -2.48. The van der Waals surface area contributed by atoms with Crippen LogP contribution in [-0.4, -0.2) is 57.9 Å². The molecule has 2 aromatic heterocycles. The van der Waals surface area contributed by atoms with Gasteiger partial charge in [-0.1, -0.05) is 18.2 Å². The lowest BCUT2D eigenvalue weighted by Gasteiger charge is -2.34. The largest absolute Gasteiger partial charge is 0.493 e. The first-order valence-electron chi connectivity index (χ1n) is 12.5. The van der Waals surface area contributed by atoms with Gasteiger partial charge in [0.1, 0.15) is 23.8 Å². The third kappa shape index (κ3) is 4.66. The SMILES string of the molecule is Cc1cccn2cc(COc3ccc(C(=O)N4CCN(Cc5ccc6c(c5)CCO6)CC4)cc3)nc12. The van der Waals surface area contributed by atoms with E-state index in [0.29, 0.717) is 12.2 Å². The molecular weight excluding hydrogens is 452 g/mol. The van der Waals surface area contributed by atoms with Crippen molar-refractivity contribution in [3.63, 3.8) is 0 Å². The topological polar surface area (TPSA) is 59.3 Å². The van der Waals surface area contributed by atoms with Crippen LogP contribution in [0.4, 0.5) is 0 Å². The highest BCUT2D eigenvalue weighted by Gasteiger charge is 2.23. The number of carbonyl (C=O) groups excluding carboxylic acids is 1. The van der Waals surface area contributed by atoms with E-state index in [-0.39, 0.29) is 5.91 Å². The molecule has 0 atom stereocenters. The normalized spacial score (nSPS) is 15.6. The van der Waals surface area contributed by atoms with E-state index in [0.717, 1.165) is 74.2 Å². The Kier molecular flexibility index (Phi) is 6.07. The van der Waals surface area contributed by atoms with Crippen molar-refractivity contribution in [1.29, 1.82) is 0 Å². The molecule has 0 bridgehead atoms. The van der Waals surface area contributed by atoms with Crippen molar-refractivity contribution >= 4 is 11.6 Å². The van der Waals surface area contributed by atoms with Crippen molar-refractivity contribution in [2.45, 2.75) is 26.5 Å². The number of nitrogens with zero attached hydrogens (tertiary/aromatic N) is 4. The second-order valence-corrected chi connectivity index (χ2v) is 9.58. The van der Waals surface area contributed by atoms with Gasteiger partial charge < -0.3 is 18.8 Å². The molecule has 0 unspecified atom stereocenters. The van der Waals surface area contributed by atoms with Crippen molar-refractivity contribution in [3.8, 4) is 11.5 Å². The molecule has 7 heteroatoms. The van der Waals surface area contributed by atoms with Crippen LogP contribution >= 0.6 is 0 Å². The molecule has 2 aliphatic rings. The number of rotatable bonds is 6. The number of aromatic nitrogens is 2. The van der Waals surface area contributed by atoms with Gasteiger partial charge in [-0.2, -0.15) is 0 Å². The summed E-state index contributed by atoms with van der Waals surface area (Å²) in [5, 5.41) is 0. The Morgan fingerprint density at radius 1 is 1.06 bits per heavy atom. The molecule has 0 radical (unpaired) electrons. The third-order valence-electron chi connectivity index (χ3n) is 7.04. The Balaban J connectivity index is 1.01. The second-order valence-electron chi connectivity index (χ2n) is 9.58. The Morgan fingerprint density at radius 2 is 1.89 bits per heavy atom. The monoisotopic (exact) mass is 482 g/mol. The zero-order valence-corrected chi connectivity index (χ0v) is 20.5. The standard InChI is InChI=1S/C29H30N4O3/c1-21-3-2-11-33-19-25(30-28(21)33)20-36-26-7-5-23(6-8-26)29(34)32-14-12-31(13-15-32)18-22-4-9-27-24(17-22)10-16-35-27/h2-9,11,17,19H,10,12-16,18,20H2,1H3. The maximum atomic E-state index is 13.1. The van der Waals surface area contributed by atoms with Crippen LogP contribution in [0.1, 0.15) is 32.7 Å². The number of hydrogen-bond acceptors (Lipinski definition) is 5. The number of fused-ring (bicyclic) bond motifs is 2. The fourth-order valence-corrected chi connectivity index (χ4v) is 5.01. The summed E-state index contributed by atoms with van der Waals surface area (Å²) in [6.07, 6.45) is 4.97. The molecule has 0 spiro atoms. The Bertz CT molecular complexity index is 1390. The minimum absolute atomic E-state index is 0.0757. The molecule has 36 heavy (non-hydrogen) atoms. The highest BCUT2D eigenvalue weighted by Crippen LogP contribution is 2.26. The lowest BCUT2D eigenvalue weighted by atomic mass is 10.1. The average Bonchev–Trinajstić information content (AvgIpc) is 3.55. The van der Waals surface area contributed by atoms with Crippen LogP contribution in [0, 0.1) is 6.92 Å². The summed E-state index contributed by atoms with van der Waals surface area (Å²) >= 11 is 0. The number of benzene rings is 2. The predicted octanol–water partition coefficient (Wildman–Crippen LogP) is 4.11. The quantitative estimate of drug-likeness (QED) is 0.414. The van der Waals surface area contributed by atoms with E-state index in [2.05, 4.69) is 28.1 Å². The summed E-state index contributed by atoms with van der Waals surface area (Å²) in [4.78, 5) is 22.1. The van der Waals surface area contributed by atoms with Gasteiger partial charge in [-0.05, 0) is 60.0 Å². The molecule has 6 rings (SSSR count). The van der Waals surface area contributed by atoms with Gasteiger partial charge in [-0.15, -0.1) is 0 Å². The number of ether oxygens (including phenoxy) is 2. The summed E-state index contributed by atoms with van der Waals surface area (Å²) in [5.41, 5.74) is 6.26. The van der Waals surface area contributed by atoms with Gasteiger partial charge in [0.25, 0.3) is 5.91 Å². The van der Waals surface area contributed by atoms with E-state index in [1.807, 2.05) is 65.0 Å². The molecule has 0 saturated carbocycles. The summed E-state index contributed by atoms with van der Waals surface area (Å²) in [7, 11) is 0. The number of carbonyl (C=O) groups is 1. The number of hydrogen-bond donors (Lipinski definition) is 0. The van der Waals surface area contributed by atoms with Crippen molar-refractivity contribution in [1.82, 2.24) is 19.2 Å². The highest BCUT2D eigenvalue weighted by atomic mass is 16.5. The molecule has 2 aliphatic heterocycles. The van der Waals surface area contributed by atoms with E-state index in [4.69, 9.17) is 9.47 Å². The van der Waals surface area contributed by atoms with Crippen molar-refractivity contribution in [2.24, 2.45) is 0 Å². The van der Waals surface area contributed by atoms with E-state index >= 15 is 0 Å². The van der Waals surface area contributed by atoms with Crippen LogP contribution in [0.5, 0.6) is 11.5 Å². The lowest BCUT2D eigenvalue weighted by molar-refractivity contribution is 0.0628. The number of amides is 1. The summed E-state index contributed by atoms with van der Waals surface area (Å²) in [6.45, 7) is 7.34. The number of imidazole rings is 1. The molecule has 4 aromatic rings. The minimum Gasteiger partial charge on any atom is -0.493 e. The smallest absolute Gasteiger partial charge is 0.253 e. The van der Waals surface area contributed by atoms with E-state index < -0.39 is 0 Å². The first-order chi connectivity index (χ1) is 17.6. The molecule has 1 fully saturated rings. The molecule has 7 nitrogen and oxygen atoms in total. The zero-order valence-electron chi connectivity index (χ0n) is 20.5.